The molecule has 2 rings (SSSR count). The highest BCUT2D eigenvalue weighted by Crippen LogP contribution is 2.14. The van der Waals surface area contributed by atoms with Crippen molar-refractivity contribution in [3.63, 3.8) is 0 Å². The van der Waals surface area contributed by atoms with Gasteiger partial charge in [-0.2, -0.15) is 0 Å². The monoisotopic (exact) mass is 408 g/mol. The van der Waals surface area contributed by atoms with E-state index in [0.29, 0.717) is 11.1 Å². The number of carbonyl (C=O) groups excluding carboxylic acids is 3. The summed E-state index contributed by atoms with van der Waals surface area (Å²) in [5.41, 5.74) is 1.27. The van der Waals surface area contributed by atoms with Gasteiger partial charge in [0.05, 0.1) is 12.6 Å². The van der Waals surface area contributed by atoms with Gasteiger partial charge in [-0.3, -0.25) is 14.4 Å². The average molecular weight is 408 g/mol. The molecule has 0 aliphatic rings. The number of imidazole rings is 1. The lowest BCUT2D eigenvalue weighted by Crippen LogP contribution is -2.43. The summed E-state index contributed by atoms with van der Waals surface area (Å²) in [5, 5.41) is 14.4. The summed E-state index contributed by atoms with van der Waals surface area (Å²) < 4.78 is 1.59. The Bertz CT molecular complexity index is 991. The topological polar surface area (TPSA) is 113 Å². The molecule has 0 radical (unpaired) electrons. The van der Waals surface area contributed by atoms with E-state index in [1.54, 1.807) is 54.2 Å². The van der Waals surface area contributed by atoms with Gasteiger partial charge in [-0.25, -0.2) is 4.98 Å². The van der Waals surface area contributed by atoms with Crippen LogP contribution in [0, 0.1) is 0 Å². The maximum absolute atomic E-state index is 12.5. The molecule has 0 aliphatic heterocycles. The van der Waals surface area contributed by atoms with Crippen LogP contribution in [0.3, 0.4) is 0 Å². The number of aliphatic hydroxyl groups excluding tert-OH is 1. The Morgan fingerprint density at radius 3 is 2.70 bits per heavy atom. The first kappa shape index (κ1) is 22.5. The van der Waals surface area contributed by atoms with Crippen LogP contribution in [0.1, 0.15) is 22.6 Å². The molecule has 8 nitrogen and oxygen atoms in total. The number of ketones is 1. The molecule has 8 heteroatoms. The van der Waals surface area contributed by atoms with Crippen LogP contribution in [-0.4, -0.2) is 44.9 Å². The lowest BCUT2D eigenvalue weighted by atomic mass is 10.1. The van der Waals surface area contributed by atoms with Gasteiger partial charge in [0.2, 0.25) is 5.78 Å². The first-order valence-corrected chi connectivity index (χ1v) is 9.17. The van der Waals surface area contributed by atoms with Crippen LogP contribution in [0.4, 0.5) is 5.69 Å². The first-order chi connectivity index (χ1) is 14.3. The number of aromatic nitrogens is 2. The van der Waals surface area contributed by atoms with Gasteiger partial charge in [0, 0.05) is 30.7 Å². The summed E-state index contributed by atoms with van der Waals surface area (Å²) in [6.45, 7) is 7.02. The Morgan fingerprint density at radius 2 is 2.07 bits per heavy atom. The molecule has 2 amide bonds. The second-order valence-electron chi connectivity index (χ2n) is 6.54. The van der Waals surface area contributed by atoms with Gasteiger partial charge in [0.1, 0.15) is 0 Å². The van der Waals surface area contributed by atoms with Crippen LogP contribution in [0.5, 0.6) is 0 Å². The van der Waals surface area contributed by atoms with Crippen LogP contribution in [-0.2, 0) is 16.6 Å². The molecule has 0 saturated carbocycles. The minimum atomic E-state index is -0.915. The lowest BCUT2D eigenvalue weighted by molar-refractivity contribution is -0.136. The molecular weight excluding hydrogens is 384 g/mol. The molecule has 1 aromatic heterocycles. The molecule has 0 spiro atoms. The normalized spacial score (nSPS) is 11.7. The Labute approximate surface area is 174 Å². The van der Waals surface area contributed by atoms with E-state index in [9.17, 15) is 19.5 Å². The number of aliphatic hydroxyl groups is 1. The highest BCUT2D eigenvalue weighted by Gasteiger charge is 2.20. The van der Waals surface area contributed by atoms with Crippen LogP contribution in [0.25, 0.3) is 0 Å². The third-order valence-corrected chi connectivity index (χ3v) is 4.15. The first-order valence-electron chi connectivity index (χ1n) is 9.17. The van der Waals surface area contributed by atoms with E-state index in [2.05, 4.69) is 28.8 Å². The quantitative estimate of drug-likeness (QED) is 0.332. The number of carbonyl (C=O) groups is 3. The average Bonchev–Trinajstić information content (AvgIpc) is 3.17. The number of aryl methyl sites for hydroxylation is 1. The summed E-state index contributed by atoms with van der Waals surface area (Å²) in [4.78, 5) is 41.0. The fourth-order valence-corrected chi connectivity index (χ4v) is 2.64. The fraction of sp³-hybridized carbons (Fsp3) is 0.182. The van der Waals surface area contributed by atoms with E-state index in [0.717, 1.165) is 0 Å². The van der Waals surface area contributed by atoms with Gasteiger partial charge < -0.3 is 20.3 Å². The summed E-state index contributed by atoms with van der Waals surface area (Å²) in [5.74, 6) is -1.88. The number of amides is 2. The third kappa shape index (κ3) is 6.11. The van der Waals surface area contributed by atoms with Crippen molar-refractivity contribution in [2.45, 2.75) is 12.5 Å². The van der Waals surface area contributed by atoms with Gasteiger partial charge in [-0.1, -0.05) is 49.1 Å². The molecule has 3 N–H and O–H groups in total. The number of hydrogen-bond acceptors (Lipinski definition) is 5. The van der Waals surface area contributed by atoms with E-state index in [1.807, 2.05) is 0 Å². The molecule has 0 saturated heterocycles. The van der Waals surface area contributed by atoms with Gasteiger partial charge >= 0.3 is 11.8 Å². The van der Waals surface area contributed by atoms with Crippen molar-refractivity contribution in [3.8, 4) is 0 Å². The molecule has 0 fully saturated rings. The van der Waals surface area contributed by atoms with Crippen LogP contribution in [0.2, 0.25) is 0 Å². The maximum Gasteiger partial charge on any atom is 0.313 e. The van der Waals surface area contributed by atoms with Crippen LogP contribution < -0.4 is 10.6 Å². The minimum absolute atomic E-state index is 0.257. The molecule has 0 bridgehead atoms. The second-order valence-corrected chi connectivity index (χ2v) is 6.54. The molecule has 0 aliphatic carbocycles. The predicted octanol–water partition coefficient (Wildman–Crippen LogP) is 1.76. The van der Waals surface area contributed by atoms with Crippen molar-refractivity contribution < 1.29 is 19.5 Å². The maximum atomic E-state index is 12.5. The number of nitrogens with one attached hydrogen (secondary N) is 2. The van der Waals surface area contributed by atoms with Crippen LogP contribution >= 0.6 is 0 Å². The zero-order chi connectivity index (χ0) is 22.1. The fourth-order valence-electron chi connectivity index (χ4n) is 2.64. The molecule has 156 valence electrons. The molecule has 0 unspecified atom stereocenters. The lowest BCUT2D eigenvalue weighted by Gasteiger charge is -2.16. The van der Waals surface area contributed by atoms with Gasteiger partial charge in [0.15, 0.2) is 5.82 Å². The van der Waals surface area contributed by atoms with E-state index >= 15 is 0 Å². The summed E-state index contributed by atoms with van der Waals surface area (Å²) in [6.07, 6.45) is 8.41. The van der Waals surface area contributed by atoms with Crippen molar-refractivity contribution in [1.82, 2.24) is 14.9 Å². The van der Waals surface area contributed by atoms with Crippen molar-refractivity contribution >= 4 is 23.3 Å². The summed E-state index contributed by atoms with van der Waals surface area (Å²) >= 11 is 0. The van der Waals surface area contributed by atoms with Crippen molar-refractivity contribution in [2.24, 2.45) is 7.05 Å². The smallest absolute Gasteiger partial charge is 0.313 e. The van der Waals surface area contributed by atoms with Gasteiger partial charge in [0.25, 0.3) is 0 Å². The summed E-state index contributed by atoms with van der Waals surface area (Å²) in [7, 11) is 1.70. The highest BCUT2D eigenvalue weighted by molar-refractivity contribution is 6.39. The number of benzene rings is 1. The van der Waals surface area contributed by atoms with Crippen LogP contribution in [0.15, 0.2) is 73.6 Å². The molecule has 30 heavy (non-hydrogen) atoms. The van der Waals surface area contributed by atoms with Crippen molar-refractivity contribution in [3.05, 3.63) is 85.0 Å². The molecule has 1 aromatic carbocycles. The van der Waals surface area contributed by atoms with E-state index in [4.69, 9.17) is 0 Å². The zero-order valence-corrected chi connectivity index (χ0v) is 16.7. The van der Waals surface area contributed by atoms with Gasteiger partial charge in [-0.05, 0) is 18.6 Å². The van der Waals surface area contributed by atoms with Crippen molar-refractivity contribution in [1.29, 1.82) is 0 Å². The Hall–Kier alpha value is -3.78. The number of nitrogens with zero attached hydrogens (tertiary/aromatic N) is 2. The number of anilines is 1. The number of allylic oxidation sites excluding steroid dienone is 3. The second kappa shape index (κ2) is 10.7. The number of rotatable bonds is 9. The van der Waals surface area contributed by atoms with E-state index in [-0.39, 0.29) is 30.3 Å². The van der Waals surface area contributed by atoms with E-state index < -0.39 is 17.9 Å². The minimum Gasteiger partial charge on any atom is -0.394 e. The molecule has 2 aromatic rings. The molecule has 1 atom stereocenters. The largest absolute Gasteiger partial charge is 0.394 e. The molecular formula is C22H24N4O4. The SMILES string of the molecule is C=C/C=C\C(=C)C[C@H](CO)NC(=O)C(=O)Nc1cccc(C(=O)c2nccn2C)c1. The standard InChI is InChI=1S/C22H24N4O4/c1-4-5-7-15(2)12-18(14-27)25-22(30)21(29)24-17-9-6-8-16(13-17)19(28)20-23-10-11-26(20)3/h4-11,13,18,27H,1-2,12,14H2,3H3,(H,24,29)(H,25,30)/b7-5-/t18-/m1/s1. The Kier molecular flexibility index (Phi) is 8.01. The van der Waals surface area contributed by atoms with E-state index in [1.165, 1.54) is 12.3 Å². The Balaban J connectivity index is 2.01. The molecule has 1 heterocycles. The predicted molar refractivity (Wildman–Crippen MR) is 114 cm³/mol. The van der Waals surface area contributed by atoms with Gasteiger partial charge in [-0.15, -0.1) is 0 Å². The van der Waals surface area contributed by atoms with Crippen molar-refractivity contribution in [2.75, 3.05) is 11.9 Å². The summed E-state index contributed by atoms with van der Waals surface area (Å²) in [6, 6.07) is 5.55. The highest BCUT2D eigenvalue weighted by atomic mass is 16.3. The number of hydrogen-bond donors (Lipinski definition) is 3. The third-order valence-electron chi connectivity index (χ3n) is 4.15. The Morgan fingerprint density at radius 1 is 1.30 bits per heavy atom. The zero-order valence-electron chi connectivity index (χ0n) is 16.7.